The second-order valence-electron chi connectivity index (χ2n) is 6.97. The Kier molecular flexibility index (Phi) is 5.02. The molecule has 2 N–H and O–H groups in total. The van der Waals surface area contributed by atoms with Gasteiger partial charge >= 0.3 is 0 Å². The molecular weight excluding hydrogens is 310 g/mol. The van der Waals surface area contributed by atoms with E-state index in [0.717, 1.165) is 45.8 Å². The van der Waals surface area contributed by atoms with Crippen LogP contribution in [0.2, 0.25) is 0 Å². The minimum Gasteiger partial charge on any atom is -0.372 e. The Hall–Kier alpha value is -1.88. The maximum atomic E-state index is 6.08. The van der Waals surface area contributed by atoms with E-state index in [1.165, 1.54) is 22.4 Å². The predicted octanol–water partition coefficient (Wildman–Crippen LogP) is 2.58. The summed E-state index contributed by atoms with van der Waals surface area (Å²) < 4.78 is 6.08. The lowest BCUT2D eigenvalue weighted by molar-refractivity contribution is 0.0148. The molecule has 2 aromatic rings. The van der Waals surface area contributed by atoms with Crippen LogP contribution in [0.1, 0.15) is 22.8 Å². The normalized spacial score (nSPS) is 21.2. The first-order chi connectivity index (χ1) is 12.3. The molecule has 0 bridgehead atoms. The summed E-state index contributed by atoms with van der Waals surface area (Å²) in [5.41, 5.74) is 11.0. The molecule has 0 amide bonds. The Bertz CT molecular complexity index is 693. The van der Waals surface area contributed by atoms with E-state index in [0.29, 0.717) is 6.54 Å². The van der Waals surface area contributed by atoms with Gasteiger partial charge < -0.3 is 15.4 Å². The fourth-order valence-electron chi connectivity index (χ4n) is 3.89. The second kappa shape index (κ2) is 7.56. The smallest absolute Gasteiger partial charge is 0.0954 e. The van der Waals surface area contributed by atoms with Gasteiger partial charge in [-0.15, -0.1) is 0 Å². The van der Waals surface area contributed by atoms with E-state index >= 15 is 0 Å². The maximum Gasteiger partial charge on any atom is 0.0954 e. The lowest BCUT2D eigenvalue weighted by atomic mass is 9.97. The molecule has 1 fully saturated rings. The summed E-state index contributed by atoms with van der Waals surface area (Å²) in [6, 6.07) is 17.4. The summed E-state index contributed by atoms with van der Waals surface area (Å²) in [5.74, 6) is 0. The molecule has 0 aliphatic carbocycles. The number of fused-ring (bicyclic) bond motifs is 1. The van der Waals surface area contributed by atoms with Gasteiger partial charge in [0.15, 0.2) is 0 Å². The third-order valence-corrected chi connectivity index (χ3v) is 5.43. The van der Waals surface area contributed by atoms with Crippen molar-refractivity contribution in [3.8, 4) is 0 Å². The molecule has 4 rings (SSSR count). The van der Waals surface area contributed by atoms with Crippen molar-refractivity contribution in [2.75, 3.05) is 44.2 Å². The van der Waals surface area contributed by atoms with Crippen LogP contribution in [0.5, 0.6) is 0 Å². The summed E-state index contributed by atoms with van der Waals surface area (Å²) >= 11 is 0. The number of nitrogens with zero attached hydrogens (tertiary/aromatic N) is 2. The van der Waals surface area contributed by atoms with Crippen LogP contribution in [0.25, 0.3) is 0 Å². The Morgan fingerprint density at radius 1 is 0.960 bits per heavy atom. The van der Waals surface area contributed by atoms with E-state index < -0.39 is 0 Å². The highest BCUT2D eigenvalue weighted by atomic mass is 16.5. The minimum atomic E-state index is 0.223. The van der Waals surface area contributed by atoms with E-state index in [1.807, 2.05) is 0 Å². The van der Waals surface area contributed by atoms with Crippen LogP contribution in [-0.4, -0.2) is 44.2 Å². The van der Waals surface area contributed by atoms with Gasteiger partial charge in [-0.25, -0.2) is 0 Å². The summed E-state index contributed by atoms with van der Waals surface area (Å²) in [7, 11) is 0. The third kappa shape index (κ3) is 3.71. The molecule has 0 radical (unpaired) electrons. The molecule has 4 heteroatoms. The van der Waals surface area contributed by atoms with Crippen LogP contribution in [0.3, 0.4) is 0 Å². The van der Waals surface area contributed by atoms with Gasteiger partial charge in [0, 0.05) is 45.0 Å². The first-order valence-corrected chi connectivity index (χ1v) is 9.29. The molecule has 1 atom stereocenters. The number of piperazine rings is 1. The van der Waals surface area contributed by atoms with Crippen LogP contribution in [-0.2, 0) is 17.7 Å². The Morgan fingerprint density at radius 3 is 2.48 bits per heavy atom. The van der Waals surface area contributed by atoms with Crippen molar-refractivity contribution in [1.82, 2.24) is 4.90 Å². The highest BCUT2D eigenvalue weighted by Crippen LogP contribution is 2.28. The number of nitrogens with two attached hydrogens (primary N) is 1. The van der Waals surface area contributed by atoms with Crippen LogP contribution in [0.4, 0.5) is 5.69 Å². The molecule has 0 aromatic heterocycles. The molecule has 1 unspecified atom stereocenters. The summed E-state index contributed by atoms with van der Waals surface area (Å²) in [5, 5.41) is 0. The van der Waals surface area contributed by atoms with E-state index in [-0.39, 0.29) is 6.10 Å². The lowest BCUT2D eigenvalue weighted by Gasteiger charge is -2.38. The number of hydrogen-bond donors (Lipinski definition) is 1. The molecule has 2 aromatic carbocycles. The van der Waals surface area contributed by atoms with Crippen molar-refractivity contribution < 1.29 is 4.74 Å². The molecular formula is C21H27N3O. The fourth-order valence-corrected chi connectivity index (χ4v) is 3.89. The zero-order valence-electron chi connectivity index (χ0n) is 14.7. The van der Waals surface area contributed by atoms with Gasteiger partial charge in [-0.1, -0.05) is 36.4 Å². The first kappa shape index (κ1) is 16.6. The number of benzene rings is 2. The van der Waals surface area contributed by atoms with Crippen LogP contribution < -0.4 is 10.6 Å². The highest BCUT2D eigenvalue weighted by Gasteiger charge is 2.25. The monoisotopic (exact) mass is 337 g/mol. The molecule has 25 heavy (non-hydrogen) atoms. The Balaban J connectivity index is 1.35. The van der Waals surface area contributed by atoms with E-state index in [4.69, 9.17) is 10.5 Å². The standard InChI is InChI=1S/C21H27N3O/c22-15-17-5-7-19(8-6-17)24-12-10-23(11-13-24)16-21-20-4-2-1-3-18(20)9-14-25-21/h1-8,21H,9-16,22H2. The van der Waals surface area contributed by atoms with Crippen LogP contribution in [0, 0.1) is 0 Å². The highest BCUT2D eigenvalue weighted by molar-refractivity contribution is 5.48. The van der Waals surface area contributed by atoms with Crippen molar-refractivity contribution in [3.05, 3.63) is 65.2 Å². The van der Waals surface area contributed by atoms with Gasteiger partial charge in [-0.3, -0.25) is 4.90 Å². The average Bonchev–Trinajstić information content (AvgIpc) is 2.69. The van der Waals surface area contributed by atoms with Crippen LogP contribution >= 0.6 is 0 Å². The predicted molar refractivity (Wildman–Crippen MR) is 102 cm³/mol. The topological polar surface area (TPSA) is 41.7 Å². The van der Waals surface area contributed by atoms with E-state index in [2.05, 4.69) is 58.3 Å². The van der Waals surface area contributed by atoms with E-state index in [1.54, 1.807) is 0 Å². The van der Waals surface area contributed by atoms with Crippen molar-refractivity contribution in [2.24, 2.45) is 5.73 Å². The maximum absolute atomic E-state index is 6.08. The number of hydrogen-bond acceptors (Lipinski definition) is 4. The molecule has 0 saturated carbocycles. The fraction of sp³-hybridized carbons (Fsp3) is 0.429. The van der Waals surface area contributed by atoms with Crippen molar-refractivity contribution in [3.63, 3.8) is 0 Å². The number of rotatable bonds is 4. The number of anilines is 1. The zero-order chi connectivity index (χ0) is 17.1. The van der Waals surface area contributed by atoms with Gasteiger partial charge in [0.25, 0.3) is 0 Å². The number of ether oxygens (including phenoxy) is 1. The molecule has 132 valence electrons. The summed E-state index contributed by atoms with van der Waals surface area (Å²) in [6.45, 7) is 6.75. The van der Waals surface area contributed by atoms with Crippen molar-refractivity contribution in [1.29, 1.82) is 0 Å². The third-order valence-electron chi connectivity index (χ3n) is 5.43. The molecule has 4 nitrogen and oxygen atoms in total. The van der Waals surface area contributed by atoms with Crippen molar-refractivity contribution >= 4 is 5.69 Å². The molecule has 0 spiro atoms. The van der Waals surface area contributed by atoms with Gasteiger partial charge in [-0.05, 0) is 35.2 Å². The molecule has 1 saturated heterocycles. The second-order valence-corrected chi connectivity index (χ2v) is 6.97. The zero-order valence-corrected chi connectivity index (χ0v) is 14.7. The molecule has 2 heterocycles. The lowest BCUT2D eigenvalue weighted by Crippen LogP contribution is -2.48. The quantitative estimate of drug-likeness (QED) is 0.931. The SMILES string of the molecule is NCc1ccc(N2CCN(CC3OCCc4ccccc43)CC2)cc1. The Morgan fingerprint density at radius 2 is 1.72 bits per heavy atom. The molecule has 2 aliphatic rings. The van der Waals surface area contributed by atoms with Gasteiger partial charge in [0.1, 0.15) is 0 Å². The first-order valence-electron chi connectivity index (χ1n) is 9.29. The minimum absolute atomic E-state index is 0.223. The average molecular weight is 337 g/mol. The summed E-state index contributed by atoms with van der Waals surface area (Å²) in [6.07, 6.45) is 1.26. The van der Waals surface area contributed by atoms with Gasteiger partial charge in [-0.2, -0.15) is 0 Å². The molecule has 2 aliphatic heterocycles. The summed E-state index contributed by atoms with van der Waals surface area (Å²) in [4.78, 5) is 5.00. The van der Waals surface area contributed by atoms with Gasteiger partial charge in [0.05, 0.1) is 12.7 Å². The van der Waals surface area contributed by atoms with Crippen molar-refractivity contribution in [2.45, 2.75) is 19.1 Å². The van der Waals surface area contributed by atoms with Gasteiger partial charge in [0.2, 0.25) is 0 Å². The van der Waals surface area contributed by atoms with Crippen LogP contribution in [0.15, 0.2) is 48.5 Å². The van der Waals surface area contributed by atoms with E-state index in [9.17, 15) is 0 Å². The Labute approximate surface area is 150 Å². The largest absolute Gasteiger partial charge is 0.372 e.